The van der Waals surface area contributed by atoms with Gasteiger partial charge in [0.05, 0.1) is 25.8 Å². The zero-order valence-electron chi connectivity index (χ0n) is 10.3. The fourth-order valence-electron chi connectivity index (χ4n) is 1.60. The van der Waals surface area contributed by atoms with Crippen LogP contribution >= 0.6 is 0 Å². The molecule has 0 aliphatic rings. The Morgan fingerprint density at radius 3 is 2.88 bits per heavy atom. The average molecular weight is 234 g/mol. The Morgan fingerprint density at radius 2 is 2.29 bits per heavy atom. The van der Waals surface area contributed by atoms with E-state index in [1.165, 1.54) is 0 Å². The van der Waals surface area contributed by atoms with Gasteiger partial charge in [-0.05, 0) is 24.2 Å². The Kier molecular flexibility index (Phi) is 5.47. The van der Waals surface area contributed by atoms with E-state index >= 15 is 0 Å². The Hall–Kier alpha value is -1.57. The predicted octanol–water partition coefficient (Wildman–Crippen LogP) is 1.57. The summed E-state index contributed by atoms with van der Waals surface area (Å²) in [6.45, 7) is 3.50. The fourth-order valence-corrected chi connectivity index (χ4v) is 1.60. The van der Waals surface area contributed by atoms with Crippen molar-refractivity contribution in [2.24, 2.45) is 0 Å². The van der Waals surface area contributed by atoms with Crippen LogP contribution in [0, 0.1) is 11.3 Å². The second-order valence-corrected chi connectivity index (χ2v) is 3.78. The molecule has 4 nitrogen and oxygen atoms in total. The number of rotatable bonds is 6. The van der Waals surface area contributed by atoms with Crippen molar-refractivity contribution >= 4 is 0 Å². The van der Waals surface area contributed by atoms with Gasteiger partial charge in [-0.3, -0.25) is 4.90 Å². The van der Waals surface area contributed by atoms with Crippen LogP contribution in [0.25, 0.3) is 0 Å². The van der Waals surface area contributed by atoms with Gasteiger partial charge in [-0.1, -0.05) is 19.1 Å². The van der Waals surface area contributed by atoms with E-state index in [-0.39, 0.29) is 0 Å². The minimum Gasteiger partial charge on any atom is -0.497 e. The third-order valence-corrected chi connectivity index (χ3v) is 2.65. The maximum Gasteiger partial charge on any atom is 0.119 e. The summed E-state index contributed by atoms with van der Waals surface area (Å²) in [6.07, 6.45) is -0.599. The van der Waals surface area contributed by atoms with Crippen LogP contribution in [0.2, 0.25) is 0 Å². The molecule has 0 bridgehead atoms. The lowest BCUT2D eigenvalue weighted by molar-refractivity contribution is 0.123. The van der Waals surface area contributed by atoms with Gasteiger partial charge in [-0.15, -0.1) is 0 Å². The van der Waals surface area contributed by atoms with Gasteiger partial charge < -0.3 is 9.84 Å². The maximum absolute atomic E-state index is 10.1. The van der Waals surface area contributed by atoms with Crippen LogP contribution in [0.3, 0.4) is 0 Å². The second-order valence-electron chi connectivity index (χ2n) is 3.78. The van der Waals surface area contributed by atoms with E-state index in [0.717, 1.165) is 17.9 Å². The molecule has 1 aromatic rings. The third-order valence-electron chi connectivity index (χ3n) is 2.65. The molecule has 1 rings (SSSR count). The molecule has 0 fully saturated rings. The third kappa shape index (κ3) is 4.06. The van der Waals surface area contributed by atoms with Crippen LogP contribution in [0.15, 0.2) is 24.3 Å². The van der Waals surface area contributed by atoms with Gasteiger partial charge in [0.15, 0.2) is 0 Å². The van der Waals surface area contributed by atoms with Crippen LogP contribution in [-0.2, 0) is 0 Å². The van der Waals surface area contributed by atoms with Crippen molar-refractivity contribution < 1.29 is 9.84 Å². The molecule has 1 unspecified atom stereocenters. The summed E-state index contributed by atoms with van der Waals surface area (Å²) in [5.74, 6) is 0.727. The number of methoxy groups -OCH3 is 1. The summed E-state index contributed by atoms with van der Waals surface area (Å²) in [5.41, 5.74) is 0.806. The molecule has 0 heterocycles. The molecule has 1 atom stereocenters. The summed E-state index contributed by atoms with van der Waals surface area (Å²) in [5, 5.41) is 18.7. The van der Waals surface area contributed by atoms with Crippen molar-refractivity contribution in [2.45, 2.75) is 13.0 Å². The first-order valence-electron chi connectivity index (χ1n) is 5.62. The van der Waals surface area contributed by atoms with Crippen molar-refractivity contribution in [2.75, 3.05) is 26.7 Å². The number of likely N-dealkylation sites (N-methyl/N-ethyl adjacent to an activating group) is 1. The molecule has 0 aliphatic heterocycles. The topological polar surface area (TPSA) is 56.5 Å². The molecule has 0 aliphatic carbocycles. The van der Waals surface area contributed by atoms with Crippen molar-refractivity contribution in [1.82, 2.24) is 4.90 Å². The lowest BCUT2D eigenvalue weighted by Crippen LogP contribution is -2.28. The van der Waals surface area contributed by atoms with Crippen molar-refractivity contribution in [3.05, 3.63) is 29.8 Å². The van der Waals surface area contributed by atoms with E-state index in [9.17, 15) is 5.11 Å². The second kappa shape index (κ2) is 6.89. The minimum absolute atomic E-state index is 0.331. The SMILES string of the molecule is CCN(CC#N)CC(O)c1cccc(OC)c1. The molecule has 0 radical (unpaired) electrons. The summed E-state index contributed by atoms with van der Waals surface area (Å²) in [7, 11) is 1.60. The van der Waals surface area contributed by atoms with Gasteiger partial charge in [0.25, 0.3) is 0 Å². The van der Waals surface area contributed by atoms with Crippen LogP contribution in [0.4, 0.5) is 0 Å². The number of nitrogens with zero attached hydrogens (tertiary/aromatic N) is 2. The quantitative estimate of drug-likeness (QED) is 0.759. The summed E-state index contributed by atoms with van der Waals surface area (Å²) < 4.78 is 5.11. The lowest BCUT2D eigenvalue weighted by atomic mass is 10.1. The molecule has 0 aromatic heterocycles. The Labute approximate surface area is 102 Å². The summed E-state index contributed by atoms with van der Waals surface area (Å²) in [4.78, 5) is 1.89. The van der Waals surface area contributed by atoms with E-state index in [1.807, 2.05) is 36.1 Å². The fraction of sp³-hybridized carbons (Fsp3) is 0.462. The molecule has 1 aromatic carbocycles. The van der Waals surface area contributed by atoms with Crippen LogP contribution in [-0.4, -0.2) is 36.8 Å². The maximum atomic E-state index is 10.1. The first-order valence-corrected chi connectivity index (χ1v) is 5.62. The lowest BCUT2D eigenvalue weighted by Gasteiger charge is -2.21. The highest BCUT2D eigenvalue weighted by Crippen LogP contribution is 2.19. The van der Waals surface area contributed by atoms with Gasteiger partial charge in [0, 0.05) is 6.54 Å². The van der Waals surface area contributed by atoms with Crippen LogP contribution in [0.1, 0.15) is 18.6 Å². The average Bonchev–Trinajstić information content (AvgIpc) is 2.38. The van der Waals surface area contributed by atoms with E-state index in [1.54, 1.807) is 7.11 Å². The molecule has 17 heavy (non-hydrogen) atoms. The number of aliphatic hydroxyl groups is 1. The van der Waals surface area contributed by atoms with Gasteiger partial charge in [0.2, 0.25) is 0 Å². The number of nitriles is 1. The van der Waals surface area contributed by atoms with Crippen molar-refractivity contribution in [3.8, 4) is 11.8 Å². The zero-order chi connectivity index (χ0) is 12.7. The Balaban J connectivity index is 2.68. The molecule has 0 amide bonds. The zero-order valence-corrected chi connectivity index (χ0v) is 10.3. The van der Waals surface area contributed by atoms with Crippen molar-refractivity contribution in [1.29, 1.82) is 5.26 Å². The first-order chi connectivity index (χ1) is 8.21. The summed E-state index contributed by atoms with van der Waals surface area (Å²) in [6, 6.07) is 9.43. The van der Waals surface area contributed by atoms with Crippen molar-refractivity contribution in [3.63, 3.8) is 0 Å². The molecule has 92 valence electrons. The van der Waals surface area contributed by atoms with Crippen LogP contribution in [0.5, 0.6) is 5.75 Å². The number of hydrogen-bond acceptors (Lipinski definition) is 4. The highest BCUT2D eigenvalue weighted by molar-refractivity contribution is 5.29. The molecule has 4 heteroatoms. The molecule has 0 saturated heterocycles. The largest absolute Gasteiger partial charge is 0.497 e. The normalized spacial score (nSPS) is 12.2. The number of hydrogen-bond donors (Lipinski definition) is 1. The summed E-state index contributed by atoms with van der Waals surface area (Å²) >= 11 is 0. The van der Waals surface area contributed by atoms with E-state index in [2.05, 4.69) is 6.07 Å². The molecule has 0 saturated carbocycles. The Bertz CT molecular complexity index is 387. The number of benzene rings is 1. The van der Waals surface area contributed by atoms with Gasteiger partial charge in [-0.2, -0.15) is 5.26 Å². The highest BCUT2D eigenvalue weighted by Gasteiger charge is 2.12. The van der Waals surface area contributed by atoms with E-state index < -0.39 is 6.10 Å². The Morgan fingerprint density at radius 1 is 1.53 bits per heavy atom. The monoisotopic (exact) mass is 234 g/mol. The minimum atomic E-state index is -0.599. The molecular formula is C13H18N2O2. The molecular weight excluding hydrogens is 216 g/mol. The van der Waals surface area contributed by atoms with E-state index in [4.69, 9.17) is 10.00 Å². The standard InChI is InChI=1S/C13H18N2O2/c1-3-15(8-7-14)10-13(16)11-5-4-6-12(9-11)17-2/h4-6,9,13,16H,3,8,10H2,1-2H3. The molecule has 1 N–H and O–H groups in total. The first kappa shape index (κ1) is 13.5. The van der Waals surface area contributed by atoms with Gasteiger partial charge >= 0.3 is 0 Å². The van der Waals surface area contributed by atoms with Gasteiger partial charge in [-0.25, -0.2) is 0 Å². The molecule has 0 spiro atoms. The van der Waals surface area contributed by atoms with Crippen LogP contribution < -0.4 is 4.74 Å². The van der Waals surface area contributed by atoms with Gasteiger partial charge in [0.1, 0.15) is 5.75 Å². The number of ether oxygens (including phenoxy) is 1. The van der Waals surface area contributed by atoms with E-state index in [0.29, 0.717) is 13.1 Å². The predicted molar refractivity (Wildman–Crippen MR) is 65.7 cm³/mol. The number of aliphatic hydroxyl groups excluding tert-OH is 1. The smallest absolute Gasteiger partial charge is 0.119 e. The highest BCUT2D eigenvalue weighted by atomic mass is 16.5.